The van der Waals surface area contributed by atoms with E-state index in [1.54, 1.807) is 11.3 Å². The number of rotatable bonds is 3. The van der Waals surface area contributed by atoms with E-state index in [0.29, 0.717) is 13.0 Å². The summed E-state index contributed by atoms with van der Waals surface area (Å²) in [6, 6.07) is 12.2. The molecule has 1 fully saturated rings. The highest BCUT2D eigenvalue weighted by Crippen LogP contribution is 2.34. The van der Waals surface area contributed by atoms with Gasteiger partial charge in [-0.15, -0.1) is 11.3 Å². The molecule has 4 rings (SSSR count). The largest absolute Gasteiger partial charge is 0.340 e. The predicted molar refractivity (Wildman–Crippen MR) is 82.9 cm³/mol. The van der Waals surface area contributed by atoms with Crippen molar-refractivity contribution in [2.24, 2.45) is 0 Å². The van der Waals surface area contributed by atoms with Gasteiger partial charge < -0.3 is 9.88 Å². The molecule has 2 aromatic heterocycles. The molecule has 1 aliphatic heterocycles. The number of aromatic amines is 1. The van der Waals surface area contributed by atoms with Gasteiger partial charge in [0.25, 0.3) is 0 Å². The minimum Gasteiger partial charge on any atom is -0.340 e. The Morgan fingerprint density at radius 1 is 1.29 bits per heavy atom. The second-order valence-corrected chi connectivity index (χ2v) is 6.33. The molecule has 0 unspecified atom stereocenters. The van der Waals surface area contributed by atoms with Crippen LogP contribution in [0.1, 0.15) is 29.6 Å². The van der Waals surface area contributed by atoms with E-state index in [-0.39, 0.29) is 11.9 Å². The zero-order valence-corrected chi connectivity index (χ0v) is 12.3. The number of nitrogens with one attached hydrogen (secondary N) is 1. The van der Waals surface area contributed by atoms with Gasteiger partial charge in [-0.2, -0.15) is 0 Å². The monoisotopic (exact) mass is 297 g/mol. The molecule has 0 saturated carbocycles. The van der Waals surface area contributed by atoms with Crippen LogP contribution in [0.4, 0.5) is 0 Å². The molecule has 1 saturated heterocycles. The molecule has 1 amide bonds. The van der Waals surface area contributed by atoms with Gasteiger partial charge in [0.2, 0.25) is 5.91 Å². The topological polar surface area (TPSA) is 49.0 Å². The lowest BCUT2D eigenvalue weighted by atomic mass is 10.2. The van der Waals surface area contributed by atoms with E-state index in [2.05, 4.69) is 16.0 Å². The van der Waals surface area contributed by atoms with Crippen molar-refractivity contribution in [3.63, 3.8) is 0 Å². The van der Waals surface area contributed by atoms with Crippen LogP contribution in [0.25, 0.3) is 11.0 Å². The number of carbonyl (C=O) groups excluding carboxylic acids is 1. The van der Waals surface area contributed by atoms with Crippen LogP contribution < -0.4 is 0 Å². The lowest BCUT2D eigenvalue weighted by molar-refractivity contribution is -0.129. The molecule has 0 radical (unpaired) electrons. The van der Waals surface area contributed by atoms with Crippen molar-refractivity contribution in [2.75, 3.05) is 0 Å². The zero-order valence-electron chi connectivity index (χ0n) is 11.5. The number of aromatic nitrogens is 2. The highest BCUT2D eigenvalue weighted by atomic mass is 32.1. The Morgan fingerprint density at radius 2 is 2.19 bits per heavy atom. The maximum Gasteiger partial charge on any atom is 0.223 e. The fourth-order valence-corrected chi connectivity index (χ4v) is 3.62. The Labute approximate surface area is 126 Å². The summed E-state index contributed by atoms with van der Waals surface area (Å²) in [6.45, 7) is 0.679. The van der Waals surface area contributed by atoms with Crippen molar-refractivity contribution < 1.29 is 4.79 Å². The minimum absolute atomic E-state index is 0.0620. The van der Waals surface area contributed by atoms with E-state index in [9.17, 15) is 4.79 Å². The Bertz CT molecular complexity index is 745. The van der Waals surface area contributed by atoms with Crippen molar-refractivity contribution in [1.82, 2.24) is 14.9 Å². The number of para-hydroxylation sites is 2. The number of thiophene rings is 1. The van der Waals surface area contributed by atoms with Crippen LogP contribution in [-0.4, -0.2) is 20.8 Å². The van der Waals surface area contributed by atoms with Crippen molar-refractivity contribution in [3.8, 4) is 0 Å². The van der Waals surface area contributed by atoms with Crippen molar-refractivity contribution in [1.29, 1.82) is 0 Å². The third kappa shape index (κ3) is 2.23. The number of fused-ring (bicyclic) bond motifs is 1. The van der Waals surface area contributed by atoms with Gasteiger partial charge in [-0.05, 0) is 30.0 Å². The number of hydrogen-bond acceptors (Lipinski definition) is 3. The minimum atomic E-state index is 0.0620. The quantitative estimate of drug-likeness (QED) is 0.804. The first-order chi connectivity index (χ1) is 10.3. The van der Waals surface area contributed by atoms with Crippen LogP contribution in [0.15, 0.2) is 41.8 Å². The standard InChI is InChI=1S/C16H15N3OS/c20-15-8-7-14(19(15)10-11-4-3-9-21-11)16-17-12-5-1-2-6-13(12)18-16/h1-6,9,14H,7-8,10H2,(H,17,18)/t14-/m0/s1. The summed E-state index contributed by atoms with van der Waals surface area (Å²) in [5.74, 6) is 1.12. The lowest BCUT2D eigenvalue weighted by Crippen LogP contribution is -2.27. The lowest BCUT2D eigenvalue weighted by Gasteiger charge is -2.22. The number of benzene rings is 1. The molecule has 1 aliphatic rings. The van der Waals surface area contributed by atoms with Crippen LogP contribution >= 0.6 is 11.3 Å². The van der Waals surface area contributed by atoms with Crippen molar-refractivity contribution >= 4 is 28.3 Å². The number of amides is 1. The fraction of sp³-hybridized carbons (Fsp3) is 0.250. The molecule has 3 aromatic rings. The second kappa shape index (κ2) is 5.00. The molecular formula is C16H15N3OS. The molecule has 0 bridgehead atoms. The van der Waals surface area contributed by atoms with Gasteiger partial charge in [-0.3, -0.25) is 4.79 Å². The van der Waals surface area contributed by atoms with Crippen LogP contribution in [0.3, 0.4) is 0 Å². The van der Waals surface area contributed by atoms with E-state index in [1.807, 2.05) is 40.6 Å². The summed E-state index contributed by atoms with van der Waals surface area (Å²) in [7, 11) is 0. The van der Waals surface area contributed by atoms with Gasteiger partial charge in [-0.1, -0.05) is 18.2 Å². The van der Waals surface area contributed by atoms with Gasteiger partial charge in [0.05, 0.1) is 23.6 Å². The Morgan fingerprint density at radius 3 is 3.00 bits per heavy atom. The molecule has 0 aliphatic carbocycles. The Balaban J connectivity index is 1.67. The summed E-state index contributed by atoms with van der Waals surface area (Å²) in [5, 5.41) is 2.05. The predicted octanol–water partition coefficient (Wildman–Crippen LogP) is 3.49. The molecule has 1 atom stereocenters. The van der Waals surface area contributed by atoms with E-state index in [0.717, 1.165) is 23.3 Å². The third-order valence-electron chi connectivity index (χ3n) is 3.96. The summed E-state index contributed by atoms with van der Waals surface area (Å²) >= 11 is 1.69. The number of imidazole rings is 1. The SMILES string of the molecule is O=C1CC[C@@H](c2nc3ccccc3[nH]2)N1Cc1cccs1. The fourth-order valence-electron chi connectivity index (χ4n) is 2.92. The summed E-state index contributed by atoms with van der Waals surface area (Å²) < 4.78 is 0. The molecule has 1 N–H and O–H groups in total. The van der Waals surface area contributed by atoms with Crippen LogP contribution in [0, 0.1) is 0 Å². The van der Waals surface area contributed by atoms with E-state index in [1.165, 1.54) is 4.88 Å². The van der Waals surface area contributed by atoms with E-state index < -0.39 is 0 Å². The smallest absolute Gasteiger partial charge is 0.223 e. The van der Waals surface area contributed by atoms with Crippen molar-refractivity contribution in [2.45, 2.75) is 25.4 Å². The van der Waals surface area contributed by atoms with Gasteiger partial charge in [-0.25, -0.2) is 4.98 Å². The highest BCUT2D eigenvalue weighted by Gasteiger charge is 2.34. The zero-order chi connectivity index (χ0) is 14.2. The Hall–Kier alpha value is -2.14. The highest BCUT2D eigenvalue weighted by molar-refractivity contribution is 7.09. The molecule has 3 heterocycles. The Kier molecular flexibility index (Phi) is 3.00. The second-order valence-electron chi connectivity index (χ2n) is 5.29. The first-order valence-corrected chi connectivity index (χ1v) is 7.96. The van der Waals surface area contributed by atoms with Crippen LogP contribution in [-0.2, 0) is 11.3 Å². The van der Waals surface area contributed by atoms with Crippen molar-refractivity contribution in [3.05, 3.63) is 52.5 Å². The maximum absolute atomic E-state index is 12.2. The first-order valence-electron chi connectivity index (χ1n) is 7.08. The molecular weight excluding hydrogens is 282 g/mol. The number of nitrogens with zero attached hydrogens (tertiary/aromatic N) is 2. The summed E-state index contributed by atoms with van der Waals surface area (Å²) in [4.78, 5) is 23.4. The molecule has 5 heteroatoms. The molecule has 4 nitrogen and oxygen atoms in total. The molecule has 0 spiro atoms. The van der Waals surface area contributed by atoms with Crippen LogP contribution in [0.5, 0.6) is 0 Å². The third-order valence-corrected chi connectivity index (χ3v) is 4.82. The van der Waals surface area contributed by atoms with E-state index in [4.69, 9.17) is 0 Å². The van der Waals surface area contributed by atoms with Gasteiger partial charge >= 0.3 is 0 Å². The average Bonchev–Trinajstić information content (AvgIpc) is 3.20. The number of H-pyrrole nitrogens is 1. The summed E-state index contributed by atoms with van der Waals surface area (Å²) in [6.07, 6.45) is 1.44. The van der Waals surface area contributed by atoms with E-state index >= 15 is 0 Å². The summed E-state index contributed by atoms with van der Waals surface area (Å²) in [5.41, 5.74) is 1.99. The number of likely N-dealkylation sites (tertiary alicyclic amines) is 1. The van der Waals surface area contributed by atoms with Gasteiger partial charge in [0.1, 0.15) is 5.82 Å². The normalized spacial score (nSPS) is 18.8. The molecule has 1 aromatic carbocycles. The first kappa shape index (κ1) is 12.6. The average molecular weight is 297 g/mol. The number of hydrogen-bond donors (Lipinski definition) is 1. The maximum atomic E-state index is 12.2. The van der Waals surface area contributed by atoms with Gasteiger partial charge in [0.15, 0.2) is 0 Å². The molecule has 21 heavy (non-hydrogen) atoms. The van der Waals surface area contributed by atoms with Gasteiger partial charge in [0, 0.05) is 11.3 Å². The molecule has 106 valence electrons. The van der Waals surface area contributed by atoms with Crippen LogP contribution in [0.2, 0.25) is 0 Å². The number of carbonyl (C=O) groups is 1.